The maximum Gasteiger partial charge on any atom is 0.162 e. The molecular formula is C51H81NO6. The fraction of sp³-hybridized carbons (Fsp3) is 0.765. The summed E-state index contributed by atoms with van der Waals surface area (Å²) in [6.45, 7) is 9.53. The van der Waals surface area contributed by atoms with Gasteiger partial charge in [-0.05, 0) is 121 Å². The lowest BCUT2D eigenvalue weighted by atomic mass is 9.48. The van der Waals surface area contributed by atoms with E-state index in [1.807, 2.05) is 0 Å². The smallest absolute Gasteiger partial charge is 0.162 e. The summed E-state index contributed by atoms with van der Waals surface area (Å²) in [5.41, 5.74) is 4.10. The van der Waals surface area contributed by atoms with Gasteiger partial charge in [0.05, 0.1) is 11.0 Å². The molecule has 2 heterocycles. The lowest BCUT2D eigenvalue weighted by Gasteiger charge is -2.63. The minimum atomic E-state index is -0.794. The first-order chi connectivity index (χ1) is 28.4. The average molecular weight is 804 g/mol. The number of hydrogen-bond acceptors (Lipinski definition) is 7. The second kappa shape index (κ2) is 23.2. The van der Waals surface area contributed by atoms with Gasteiger partial charge in [-0.1, -0.05) is 120 Å². The Kier molecular flexibility index (Phi) is 18.1. The van der Waals surface area contributed by atoms with Gasteiger partial charge >= 0.3 is 0 Å². The molecule has 0 aromatic carbocycles. The van der Waals surface area contributed by atoms with Crippen molar-refractivity contribution in [3.05, 3.63) is 70.5 Å². The van der Waals surface area contributed by atoms with Crippen LogP contribution in [0.1, 0.15) is 187 Å². The van der Waals surface area contributed by atoms with Gasteiger partial charge in [0.25, 0.3) is 0 Å². The molecule has 0 aromatic heterocycles. The van der Waals surface area contributed by atoms with E-state index in [-0.39, 0.29) is 25.5 Å². The van der Waals surface area contributed by atoms with E-state index in [1.54, 1.807) is 0 Å². The molecule has 326 valence electrons. The molecule has 0 radical (unpaired) electrons. The molecule has 2 aliphatic heterocycles. The van der Waals surface area contributed by atoms with Crippen LogP contribution in [0.15, 0.2) is 70.5 Å². The van der Waals surface area contributed by atoms with Gasteiger partial charge in [-0.3, -0.25) is 4.90 Å². The van der Waals surface area contributed by atoms with E-state index in [0.29, 0.717) is 6.61 Å². The number of hydrogen-bond donors (Lipinski definition) is 3. The molecule has 0 aromatic rings. The molecule has 7 nitrogen and oxygen atoms in total. The minimum Gasteiger partial charge on any atom is -0.481 e. The van der Waals surface area contributed by atoms with Crippen molar-refractivity contribution in [3.8, 4) is 0 Å². The van der Waals surface area contributed by atoms with Crippen LogP contribution in [0, 0.1) is 11.3 Å². The Labute approximate surface area is 352 Å². The number of aliphatic hydroxyl groups is 3. The highest BCUT2D eigenvalue weighted by Crippen LogP contribution is 2.69. The van der Waals surface area contributed by atoms with Gasteiger partial charge in [-0.15, -0.1) is 0 Å². The summed E-state index contributed by atoms with van der Waals surface area (Å²) in [6, 6.07) is 0.174. The predicted molar refractivity (Wildman–Crippen MR) is 236 cm³/mol. The Morgan fingerprint density at radius 2 is 1.47 bits per heavy atom. The van der Waals surface area contributed by atoms with E-state index < -0.39 is 11.0 Å². The average Bonchev–Trinajstić information content (AvgIpc) is 3.97. The number of allylic oxidation sites excluding steroid dienone is 7. The van der Waals surface area contributed by atoms with E-state index >= 15 is 0 Å². The van der Waals surface area contributed by atoms with Gasteiger partial charge in [-0.25, -0.2) is 0 Å². The number of ether oxygens (including phenoxy) is 3. The third kappa shape index (κ3) is 11.4. The Hall–Kier alpha value is -2.16. The van der Waals surface area contributed by atoms with Crippen LogP contribution in [0.4, 0.5) is 0 Å². The van der Waals surface area contributed by atoms with Crippen molar-refractivity contribution in [2.75, 3.05) is 33.1 Å². The fourth-order valence-corrected chi connectivity index (χ4v) is 11.2. The third-order valence-electron chi connectivity index (χ3n) is 14.6. The molecule has 4 atom stereocenters. The number of likely N-dealkylation sites (tertiary alicyclic amines) is 1. The standard InChI is InChI=1S/C51H81NO6/c1-3-4-25-44(36-41(24-20-21-34-53)23-19-17-15-13-11-9-7-5-6-8-10-12-14-16-18-22-35-56-39-54)57-45-29-28-43-37-46-51(55)31-30-40(2)49-50(51,47(43)48(45)58-49)32-33-52(46)38-42-26-27-42/h3-4,25,36,42,46,49,53-55H,2,5-24,26-35,37-39H2,1H3/b4-3+,41-36-,44-25-/t46-,49+,50+,51-/m1/s1. The highest BCUT2D eigenvalue weighted by Gasteiger charge is 2.73. The van der Waals surface area contributed by atoms with E-state index in [2.05, 4.69) is 42.7 Å². The summed E-state index contributed by atoms with van der Waals surface area (Å²) in [5.74, 6) is 3.51. The Morgan fingerprint density at radius 3 is 2.09 bits per heavy atom. The molecule has 6 aliphatic rings. The van der Waals surface area contributed by atoms with E-state index in [0.717, 1.165) is 112 Å². The molecule has 4 aliphatic carbocycles. The fourth-order valence-electron chi connectivity index (χ4n) is 11.2. The lowest BCUT2D eigenvalue weighted by molar-refractivity contribution is -0.195. The van der Waals surface area contributed by atoms with Gasteiger partial charge in [0.15, 0.2) is 5.76 Å². The topological polar surface area (TPSA) is 91.6 Å². The minimum absolute atomic E-state index is 0.150. The van der Waals surface area contributed by atoms with Gasteiger partial charge in [0.1, 0.15) is 24.4 Å². The molecule has 2 saturated heterocycles. The summed E-state index contributed by atoms with van der Waals surface area (Å²) in [5, 5.41) is 31.1. The van der Waals surface area contributed by atoms with Crippen LogP contribution in [0.5, 0.6) is 0 Å². The van der Waals surface area contributed by atoms with E-state index in [1.165, 1.54) is 126 Å². The van der Waals surface area contributed by atoms with Gasteiger partial charge in [-0.2, -0.15) is 0 Å². The van der Waals surface area contributed by atoms with Crippen molar-refractivity contribution in [3.63, 3.8) is 0 Å². The Balaban J connectivity index is 0.989. The molecule has 2 saturated carbocycles. The normalized spacial score (nSPS) is 27.2. The zero-order valence-corrected chi connectivity index (χ0v) is 36.6. The molecule has 7 heteroatoms. The third-order valence-corrected chi connectivity index (χ3v) is 14.6. The number of nitrogens with zero attached hydrogens (tertiary/aromatic N) is 1. The first-order valence-electron chi connectivity index (χ1n) is 24.2. The molecule has 58 heavy (non-hydrogen) atoms. The first-order valence-corrected chi connectivity index (χ1v) is 24.2. The van der Waals surface area contributed by atoms with Crippen LogP contribution in [0.3, 0.4) is 0 Å². The molecule has 2 bridgehead atoms. The van der Waals surface area contributed by atoms with Crippen LogP contribution in [0.2, 0.25) is 0 Å². The van der Waals surface area contributed by atoms with Crippen molar-refractivity contribution in [2.24, 2.45) is 11.3 Å². The quantitative estimate of drug-likeness (QED) is 0.0219. The zero-order chi connectivity index (χ0) is 40.6. The van der Waals surface area contributed by atoms with Gasteiger partial charge in [0, 0.05) is 37.8 Å². The Bertz CT molecular complexity index is 1470. The van der Waals surface area contributed by atoms with E-state index in [4.69, 9.17) is 19.3 Å². The van der Waals surface area contributed by atoms with Crippen molar-refractivity contribution in [1.82, 2.24) is 4.90 Å². The first kappa shape index (κ1) is 45.4. The SMILES string of the molecule is C=C1CC[C@@]2(O)[C@H]3CC4=C5C(=C(OC(/C=C(\CCCCO)CCCCCCCCCCCCCCCCCCOCO)=C\C=C\C)CC4)O[C@@H]1[C@]52CCN3CC1CC1. The summed E-state index contributed by atoms with van der Waals surface area (Å²) >= 11 is 0. The van der Waals surface area contributed by atoms with Crippen LogP contribution in [0.25, 0.3) is 0 Å². The molecule has 1 spiro atoms. The van der Waals surface area contributed by atoms with Crippen molar-refractivity contribution < 1.29 is 29.5 Å². The highest BCUT2D eigenvalue weighted by atomic mass is 16.6. The van der Waals surface area contributed by atoms with Crippen LogP contribution < -0.4 is 0 Å². The summed E-state index contributed by atoms with van der Waals surface area (Å²) in [4.78, 5) is 2.65. The number of aliphatic hydroxyl groups excluding tert-OH is 2. The maximum absolute atomic E-state index is 12.9. The predicted octanol–water partition coefficient (Wildman–Crippen LogP) is 11.8. The lowest BCUT2D eigenvalue weighted by Crippen LogP contribution is -2.72. The van der Waals surface area contributed by atoms with Crippen LogP contribution in [-0.4, -0.2) is 71.1 Å². The van der Waals surface area contributed by atoms with Gasteiger partial charge in [0.2, 0.25) is 0 Å². The van der Waals surface area contributed by atoms with Crippen molar-refractivity contribution in [1.29, 1.82) is 0 Å². The number of rotatable bonds is 30. The largest absolute Gasteiger partial charge is 0.481 e. The van der Waals surface area contributed by atoms with Crippen molar-refractivity contribution in [2.45, 2.75) is 204 Å². The summed E-state index contributed by atoms with van der Waals surface area (Å²) in [6.07, 6.45) is 41.1. The zero-order valence-electron chi connectivity index (χ0n) is 36.6. The second-order valence-electron chi connectivity index (χ2n) is 18.8. The number of piperidine rings is 1. The van der Waals surface area contributed by atoms with Crippen LogP contribution >= 0.6 is 0 Å². The van der Waals surface area contributed by atoms with Crippen molar-refractivity contribution >= 4 is 0 Å². The molecular weight excluding hydrogens is 723 g/mol. The molecule has 3 N–H and O–H groups in total. The van der Waals surface area contributed by atoms with Gasteiger partial charge < -0.3 is 29.5 Å². The molecule has 0 amide bonds. The summed E-state index contributed by atoms with van der Waals surface area (Å²) < 4.78 is 19.0. The maximum atomic E-state index is 12.9. The number of unbranched alkanes of at least 4 members (excludes halogenated alkanes) is 16. The Morgan fingerprint density at radius 1 is 0.828 bits per heavy atom. The van der Waals surface area contributed by atoms with Crippen LogP contribution in [-0.2, 0) is 14.2 Å². The van der Waals surface area contributed by atoms with E-state index in [9.17, 15) is 10.2 Å². The second-order valence-corrected chi connectivity index (χ2v) is 18.8. The highest BCUT2D eigenvalue weighted by molar-refractivity contribution is 5.56. The molecule has 6 rings (SSSR count). The molecule has 0 unspecified atom stereocenters. The monoisotopic (exact) mass is 804 g/mol. The molecule has 4 fully saturated rings. The summed E-state index contributed by atoms with van der Waals surface area (Å²) in [7, 11) is 0.